The Bertz CT molecular complexity index is 852. The molecule has 1 fully saturated rings. The highest BCUT2D eigenvalue weighted by Crippen LogP contribution is 2.57. The zero-order valence-corrected chi connectivity index (χ0v) is 17.5. The summed E-state index contributed by atoms with van der Waals surface area (Å²) < 4.78 is 5.35. The van der Waals surface area contributed by atoms with Gasteiger partial charge in [-0.3, -0.25) is 0 Å². The van der Waals surface area contributed by atoms with Crippen LogP contribution in [0.5, 0.6) is 5.75 Å². The van der Waals surface area contributed by atoms with Crippen molar-refractivity contribution in [1.29, 1.82) is 0 Å². The number of aliphatic hydroxyl groups excluding tert-OH is 1. The molecule has 0 unspecified atom stereocenters. The van der Waals surface area contributed by atoms with Gasteiger partial charge in [-0.05, 0) is 71.9 Å². The summed E-state index contributed by atoms with van der Waals surface area (Å²) in [7, 11) is 1.68. The molecule has 2 N–H and O–H groups in total. The van der Waals surface area contributed by atoms with E-state index in [4.69, 9.17) is 4.74 Å². The topological polar surface area (TPSA) is 49.7 Å². The molecule has 28 heavy (non-hydrogen) atoms. The second kappa shape index (κ2) is 6.60. The van der Waals surface area contributed by atoms with Gasteiger partial charge in [-0.15, -0.1) is 0 Å². The minimum absolute atomic E-state index is 0.110. The van der Waals surface area contributed by atoms with Crippen LogP contribution in [0, 0.1) is 5.41 Å². The van der Waals surface area contributed by atoms with Crippen molar-refractivity contribution in [2.75, 3.05) is 7.11 Å². The molecule has 3 nitrogen and oxygen atoms in total. The first-order valence-corrected chi connectivity index (χ1v) is 10.4. The molecule has 150 valence electrons. The summed E-state index contributed by atoms with van der Waals surface area (Å²) in [5, 5.41) is 22.4. The highest BCUT2D eigenvalue weighted by molar-refractivity contribution is 5.43. The van der Waals surface area contributed by atoms with E-state index in [1.807, 2.05) is 12.1 Å². The molecule has 2 aromatic carbocycles. The predicted octanol–water partition coefficient (Wildman–Crippen LogP) is 5.03. The first kappa shape index (κ1) is 19.5. The summed E-state index contributed by atoms with van der Waals surface area (Å²) in [4.78, 5) is 0. The quantitative estimate of drug-likeness (QED) is 0.768. The van der Waals surface area contributed by atoms with E-state index in [1.54, 1.807) is 7.11 Å². The van der Waals surface area contributed by atoms with E-state index in [0.29, 0.717) is 12.8 Å². The van der Waals surface area contributed by atoms with Gasteiger partial charge in [0.25, 0.3) is 0 Å². The number of ether oxygens (including phenoxy) is 1. The molecular formula is C25H32O3. The summed E-state index contributed by atoms with van der Waals surface area (Å²) in [6.45, 7) is 6.61. The van der Waals surface area contributed by atoms with Crippen LogP contribution in [0.25, 0.3) is 0 Å². The second-order valence-corrected chi connectivity index (χ2v) is 9.87. The van der Waals surface area contributed by atoms with E-state index >= 15 is 0 Å². The monoisotopic (exact) mass is 380 g/mol. The van der Waals surface area contributed by atoms with Gasteiger partial charge in [-0.1, -0.05) is 51.1 Å². The van der Waals surface area contributed by atoms with E-state index in [0.717, 1.165) is 36.1 Å². The summed E-state index contributed by atoms with van der Waals surface area (Å²) in [5.41, 5.74) is 3.65. The Kier molecular flexibility index (Phi) is 4.59. The summed E-state index contributed by atoms with van der Waals surface area (Å²) in [5.74, 6) is 0.842. The lowest BCUT2D eigenvalue weighted by molar-refractivity contribution is -0.0758. The molecule has 0 amide bonds. The third kappa shape index (κ3) is 3.15. The summed E-state index contributed by atoms with van der Waals surface area (Å²) in [6, 6.07) is 14.4. The van der Waals surface area contributed by atoms with Crippen LogP contribution >= 0.6 is 0 Å². The van der Waals surface area contributed by atoms with Gasteiger partial charge in [-0.2, -0.15) is 0 Å². The molecular weight excluding hydrogens is 348 g/mol. The fourth-order valence-corrected chi connectivity index (χ4v) is 5.12. The first-order valence-electron chi connectivity index (χ1n) is 10.4. The number of rotatable bonds is 2. The molecule has 0 aliphatic heterocycles. The van der Waals surface area contributed by atoms with Crippen LogP contribution in [0.1, 0.15) is 74.8 Å². The van der Waals surface area contributed by atoms with E-state index in [1.165, 1.54) is 11.1 Å². The van der Waals surface area contributed by atoms with Crippen molar-refractivity contribution in [3.8, 4) is 5.75 Å². The fourth-order valence-electron chi connectivity index (χ4n) is 5.12. The zero-order chi connectivity index (χ0) is 20.2. The average molecular weight is 381 g/mol. The maximum absolute atomic E-state index is 11.4. The largest absolute Gasteiger partial charge is 0.497 e. The van der Waals surface area contributed by atoms with Crippen molar-refractivity contribution >= 4 is 0 Å². The van der Waals surface area contributed by atoms with E-state index in [9.17, 15) is 10.2 Å². The molecule has 0 bridgehead atoms. The maximum atomic E-state index is 11.4. The molecule has 3 heteroatoms. The van der Waals surface area contributed by atoms with Gasteiger partial charge in [0.05, 0.1) is 18.8 Å². The van der Waals surface area contributed by atoms with Crippen molar-refractivity contribution in [3.63, 3.8) is 0 Å². The van der Waals surface area contributed by atoms with E-state index < -0.39 is 11.7 Å². The molecule has 0 radical (unpaired) electrons. The molecule has 1 spiro atoms. The van der Waals surface area contributed by atoms with E-state index in [2.05, 4.69) is 51.1 Å². The van der Waals surface area contributed by atoms with Crippen LogP contribution in [-0.4, -0.2) is 17.3 Å². The molecule has 2 aliphatic rings. The number of methoxy groups -OCH3 is 1. The van der Waals surface area contributed by atoms with Crippen molar-refractivity contribution in [1.82, 2.24) is 0 Å². The Hall–Kier alpha value is -1.84. The highest BCUT2D eigenvalue weighted by atomic mass is 16.5. The summed E-state index contributed by atoms with van der Waals surface area (Å²) in [6.07, 6.45) is 3.42. The van der Waals surface area contributed by atoms with Gasteiger partial charge in [-0.25, -0.2) is 0 Å². The lowest BCUT2D eigenvalue weighted by Crippen LogP contribution is -2.39. The van der Waals surface area contributed by atoms with Crippen LogP contribution in [0.4, 0.5) is 0 Å². The lowest BCUT2D eigenvalue weighted by atomic mass is 9.64. The van der Waals surface area contributed by atoms with Crippen LogP contribution in [0.15, 0.2) is 42.5 Å². The third-order valence-corrected chi connectivity index (χ3v) is 7.13. The van der Waals surface area contributed by atoms with Gasteiger partial charge < -0.3 is 14.9 Å². The number of hydrogen-bond donors (Lipinski definition) is 2. The minimum Gasteiger partial charge on any atom is -0.497 e. The van der Waals surface area contributed by atoms with Crippen molar-refractivity contribution in [2.45, 2.75) is 70.0 Å². The van der Waals surface area contributed by atoms with E-state index in [-0.39, 0.29) is 10.8 Å². The SMILES string of the molecule is COc1ccc2c(c1)CC1(CCC(O)(c3ccc(C(C)(C)C)cc3)CC1)[C@@H]2O. The molecule has 2 aliphatic carbocycles. The number of benzene rings is 2. The standard InChI is InChI=1S/C25H32O3/c1-23(2,3)18-5-7-19(8-6-18)25(27)13-11-24(12-14-25)16-17-15-20(28-4)9-10-21(17)22(24)26/h5-10,15,22,26-27H,11-14,16H2,1-4H3/t22-,24?,25?/m1/s1. The molecule has 0 heterocycles. The lowest BCUT2D eigenvalue weighted by Gasteiger charge is -2.44. The van der Waals surface area contributed by atoms with Gasteiger partial charge in [0.1, 0.15) is 5.75 Å². The van der Waals surface area contributed by atoms with Gasteiger partial charge >= 0.3 is 0 Å². The molecule has 0 saturated heterocycles. The van der Waals surface area contributed by atoms with Crippen molar-refractivity contribution in [2.24, 2.45) is 5.41 Å². The number of fused-ring (bicyclic) bond motifs is 1. The maximum Gasteiger partial charge on any atom is 0.119 e. The zero-order valence-electron chi connectivity index (χ0n) is 17.5. The molecule has 2 aromatic rings. The van der Waals surface area contributed by atoms with Gasteiger partial charge in [0, 0.05) is 5.41 Å². The number of aliphatic hydroxyl groups is 2. The van der Waals surface area contributed by atoms with Crippen LogP contribution in [-0.2, 0) is 17.4 Å². The Morgan fingerprint density at radius 2 is 1.61 bits per heavy atom. The summed E-state index contributed by atoms with van der Waals surface area (Å²) >= 11 is 0. The minimum atomic E-state index is -0.798. The Balaban J connectivity index is 1.53. The smallest absolute Gasteiger partial charge is 0.119 e. The molecule has 4 rings (SSSR count). The first-order chi connectivity index (χ1) is 13.2. The molecule has 1 saturated carbocycles. The Morgan fingerprint density at radius 3 is 2.18 bits per heavy atom. The normalized spacial score (nSPS) is 29.7. The molecule has 1 atom stereocenters. The Morgan fingerprint density at radius 1 is 0.964 bits per heavy atom. The average Bonchev–Trinajstić information content (AvgIpc) is 2.95. The van der Waals surface area contributed by atoms with Crippen LogP contribution in [0.2, 0.25) is 0 Å². The van der Waals surface area contributed by atoms with Crippen molar-refractivity contribution in [3.05, 3.63) is 64.7 Å². The fraction of sp³-hybridized carbons (Fsp3) is 0.520. The van der Waals surface area contributed by atoms with Crippen LogP contribution < -0.4 is 4.74 Å². The van der Waals surface area contributed by atoms with Gasteiger partial charge in [0.15, 0.2) is 0 Å². The highest BCUT2D eigenvalue weighted by Gasteiger charge is 2.50. The number of hydrogen-bond acceptors (Lipinski definition) is 3. The Labute approximate surface area is 168 Å². The predicted molar refractivity (Wildman–Crippen MR) is 112 cm³/mol. The van der Waals surface area contributed by atoms with Crippen molar-refractivity contribution < 1.29 is 14.9 Å². The van der Waals surface area contributed by atoms with Gasteiger partial charge in [0.2, 0.25) is 0 Å². The third-order valence-electron chi connectivity index (χ3n) is 7.13. The van der Waals surface area contributed by atoms with Crippen LogP contribution in [0.3, 0.4) is 0 Å². The second-order valence-electron chi connectivity index (χ2n) is 9.87. The molecule has 0 aromatic heterocycles.